The van der Waals surface area contributed by atoms with Gasteiger partial charge < -0.3 is 9.80 Å². The monoisotopic (exact) mass is 350 g/mol. The quantitative estimate of drug-likeness (QED) is 0.812. The predicted molar refractivity (Wildman–Crippen MR) is 90.6 cm³/mol. The van der Waals surface area contributed by atoms with Gasteiger partial charge in [0.2, 0.25) is 0 Å². The molecule has 0 saturated carbocycles. The topological polar surface area (TPSA) is 23.6 Å². The van der Waals surface area contributed by atoms with Gasteiger partial charge in [-0.1, -0.05) is 40.7 Å². The number of halogens is 1. The molecule has 0 aliphatic carbocycles. The van der Waals surface area contributed by atoms with E-state index in [4.69, 9.17) is 0 Å². The van der Waals surface area contributed by atoms with E-state index >= 15 is 0 Å². The van der Waals surface area contributed by atoms with Crippen molar-refractivity contribution in [3.05, 3.63) is 47.0 Å². The molecular formula is C17H23BrN2O. The summed E-state index contributed by atoms with van der Waals surface area (Å²) in [6.07, 6.45) is 2.16. The largest absolute Gasteiger partial charge is 0.339 e. The first-order valence-corrected chi connectivity index (χ1v) is 8.21. The first-order valence-electron chi connectivity index (χ1n) is 7.42. The van der Waals surface area contributed by atoms with E-state index in [1.165, 1.54) is 0 Å². The van der Waals surface area contributed by atoms with Crippen molar-refractivity contribution in [3.63, 3.8) is 0 Å². The molecule has 0 spiro atoms. The van der Waals surface area contributed by atoms with Crippen LogP contribution >= 0.6 is 15.9 Å². The van der Waals surface area contributed by atoms with E-state index < -0.39 is 0 Å². The summed E-state index contributed by atoms with van der Waals surface area (Å²) in [4.78, 5) is 16.6. The van der Waals surface area contributed by atoms with Crippen LogP contribution in [-0.4, -0.2) is 48.9 Å². The van der Waals surface area contributed by atoms with Gasteiger partial charge in [0, 0.05) is 36.2 Å². The van der Waals surface area contributed by atoms with E-state index in [2.05, 4.69) is 34.5 Å². The van der Waals surface area contributed by atoms with E-state index in [0.29, 0.717) is 5.92 Å². The molecule has 4 heteroatoms. The van der Waals surface area contributed by atoms with Gasteiger partial charge in [-0.25, -0.2) is 0 Å². The van der Waals surface area contributed by atoms with Crippen LogP contribution in [0.3, 0.4) is 0 Å². The van der Waals surface area contributed by atoms with Crippen LogP contribution in [0.25, 0.3) is 0 Å². The molecule has 0 radical (unpaired) electrons. The lowest BCUT2D eigenvalue weighted by Crippen LogP contribution is -2.41. The smallest absolute Gasteiger partial charge is 0.253 e. The summed E-state index contributed by atoms with van der Waals surface area (Å²) >= 11 is 3.41. The van der Waals surface area contributed by atoms with Crippen LogP contribution in [0.1, 0.15) is 23.2 Å². The van der Waals surface area contributed by atoms with Crippen molar-refractivity contribution in [1.82, 2.24) is 9.80 Å². The predicted octanol–water partition coefficient (Wildman–Crippen LogP) is 3.38. The van der Waals surface area contributed by atoms with E-state index in [-0.39, 0.29) is 5.91 Å². The number of likely N-dealkylation sites (N-methyl/N-ethyl adjacent to an activating group) is 1. The Kier molecular flexibility index (Phi) is 6.00. The third kappa shape index (κ3) is 4.97. The van der Waals surface area contributed by atoms with Crippen molar-refractivity contribution >= 4 is 21.8 Å². The first kappa shape index (κ1) is 16.2. The molecule has 2 rings (SSSR count). The average molecular weight is 351 g/mol. The summed E-state index contributed by atoms with van der Waals surface area (Å²) in [6.45, 7) is 7.55. The molecule has 1 fully saturated rings. The highest BCUT2D eigenvalue weighted by Crippen LogP contribution is 2.20. The van der Waals surface area contributed by atoms with E-state index in [0.717, 1.165) is 49.1 Å². The summed E-state index contributed by atoms with van der Waals surface area (Å²) in [6, 6.07) is 9.56. The highest BCUT2D eigenvalue weighted by Gasteiger charge is 2.24. The molecule has 1 aromatic carbocycles. The van der Waals surface area contributed by atoms with Crippen molar-refractivity contribution in [1.29, 1.82) is 0 Å². The van der Waals surface area contributed by atoms with Crippen LogP contribution in [0.5, 0.6) is 0 Å². The number of benzene rings is 1. The first-order chi connectivity index (χ1) is 10.1. The number of likely N-dealkylation sites (tertiary alicyclic amines) is 1. The minimum absolute atomic E-state index is 0.163. The Bertz CT molecular complexity index is 481. The zero-order chi connectivity index (χ0) is 15.2. The lowest BCUT2D eigenvalue weighted by atomic mass is 9.95. The third-order valence-electron chi connectivity index (χ3n) is 3.93. The maximum atomic E-state index is 12.4. The van der Waals surface area contributed by atoms with Crippen LogP contribution < -0.4 is 0 Å². The standard InChI is InChI=1S/C17H23BrN2O/c1-14(18)12-19(2)13-15-8-10-20(11-9-15)17(21)16-6-4-3-5-7-16/h3-7,15H,1,8-13H2,2H3. The highest BCUT2D eigenvalue weighted by atomic mass is 79.9. The lowest BCUT2D eigenvalue weighted by Gasteiger charge is -2.34. The molecule has 3 nitrogen and oxygen atoms in total. The number of amides is 1. The minimum atomic E-state index is 0.163. The summed E-state index contributed by atoms with van der Waals surface area (Å²) in [5.74, 6) is 0.831. The molecule has 1 aromatic rings. The molecule has 114 valence electrons. The molecule has 21 heavy (non-hydrogen) atoms. The lowest BCUT2D eigenvalue weighted by molar-refractivity contribution is 0.0675. The van der Waals surface area contributed by atoms with Crippen molar-refractivity contribution in [2.24, 2.45) is 5.92 Å². The third-order valence-corrected chi connectivity index (χ3v) is 4.18. The second-order valence-corrected chi connectivity index (χ2v) is 6.94. The second-order valence-electron chi connectivity index (χ2n) is 5.82. The second kappa shape index (κ2) is 7.76. The normalized spacial score (nSPS) is 16.2. The molecular weight excluding hydrogens is 328 g/mol. The van der Waals surface area contributed by atoms with Gasteiger partial charge in [-0.2, -0.15) is 0 Å². The molecule has 0 N–H and O–H groups in total. The Morgan fingerprint density at radius 2 is 1.95 bits per heavy atom. The Balaban J connectivity index is 1.80. The Labute approximate surface area is 135 Å². The van der Waals surface area contributed by atoms with Crippen LogP contribution in [0, 0.1) is 5.92 Å². The van der Waals surface area contributed by atoms with Gasteiger partial charge in [0.1, 0.15) is 0 Å². The molecule has 1 aliphatic heterocycles. The van der Waals surface area contributed by atoms with Gasteiger partial charge in [-0.15, -0.1) is 0 Å². The van der Waals surface area contributed by atoms with Crippen molar-refractivity contribution in [2.75, 3.05) is 33.2 Å². The molecule has 1 heterocycles. The fourth-order valence-corrected chi connectivity index (χ4v) is 3.31. The van der Waals surface area contributed by atoms with Gasteiger partial charge in [0.15, 0.2) is 0 Å². The summed E-state index contributed by atoms with van der Waals surface area (Å²) in [7, 11) is 2.12. The average Bonchev–Trinajstić information content (AvgIpc) is 2.47. The number of carbonyl (C=O) groups excluding carboxylic acids is 1. The Morgan fingerprint density at radius 3 is 2.52 bits per heavy atom. The van der Waals surface area contributed by atoms with Gasteiger partial charge in [0.05, 0.1) is 0 Å². The van der Waals surface area contributed by atoms with Crippen LogP contribution in [-0.2, 0) is 0 Å². The maximum absolute atomic E-state index is 12.4. The Hall–Kier alpha value is -1.13. The van der Waals surface area contributed by atoms with E-state index in [1.54, 1.807) is 0 Å². The summed E-state index contributed by atoms with van der Waals surface area (Å²) in [5, 5.41) is 0. The fourth-order valence-electron chi connectivity index (χ4n) is 2.88. The van der Waals surface area contributed by atoms with E-state index in [9.17, 15) is 4.79 Å². The van der Waals surface area contributed by atoms with Gasteiger partial charge in [0.25, 0.3) is 5.91 Å². The molecule has 0 atom stereocenters. The zero-order valence-corrected chi connectivity index (χ0v) is 14.2. The van der Waals surface area contributed by atoms with Crippen molar-refractivity contribution in [2.45, 2.75) is 12.8 Å². The number of piperidine rings is 1. The highest BCUT2D eigenvalue weighted by molar-refractivity contribution is 9.11. The number of hydrogen-bond donors (Lipinski definition) is 0. The number of rotatable bonds is 5. The van der Waals surface area contributed by atoms with Gasteiger partial charge in [-0.3, -0.25) is 4.79 Å². The molecule has 1 amide bonds. The summed E-state index contributed by atoms with van der Waals surface area (Å²) < 4.78 is 1.02. The molecule has 0 unspecified atom stereocenters. The minimum Gasteiger partial charge on any atom is -0.339 e. The van der Waals surface area contributed by atoms with Gasteiger partial charge in [-0.05, 0) is 37.9 Å². The Morgan fingerprint density at radius 1 is 1.33 bits per heavy atom. The van der Waals surface area contributed by atoms with Crippen LogP contribution in [0.2, 0.25) is 0 Å². The molecule has 0 aromatic heterocycles. The van der Waals surface area contributed by atoms with Crippen molar-refractivity contribution in [3.8, 4) is 0 Å². The number of carbonyl (C=O) groups is 1. The zero-order valence-electron chi connectivity index (χ0n) is 12.6. The maximum Gasteiger partial charge on any atom is 0.253 e. The molecule has 0 bridgehead atoms. The van der Waals surface area contributed by atoms with Gasteiger partial charge >= 0.3 is 0 Å². The molecule has 1 saturated heterocycles. The van der Waals surface area contributed by atoms with Crippen LogP contribution in [0.4, 0.5) is 0 Å². The van der Waals surface area contributed by atoms with Crippen LogP contribution in [0.15, 0.2) is 41.4 Å². The fraction of sp³-hybridized carbons (Fsp3) is 0.471. The number of nitrogens with zero attached hydrogens (tertiary/aromatic N) is 2. The molecule has 1 aliphatic rings. The van der Waals surface area contributed by atoms with Crippen molar-refractivity contribution < 1.29 is 4.79 Å². The SMILES string of the molecule is C=C(Br)CN(C)CC1CCN(C(=O)c2ccccc2)CC1. The number of hydrogen-bond acceptors (Lipinski definition) is 2. The summed E-state index contributed by atoms with van der Waals surface area (Å²) in [5.41, 5.74) is 0.795. The van der Waals surface area contributed by atoms with E-state index in [1.807, 2.05) is 35.2 Å².